The molecule has 30 heavy (non-hydrogen) atoms. The molecule has 2 aliphatic heterocycles. The number of ketones is 1. The van der Waals surface area contributed by atoms with E-state index in [0.717, 1.165) is 12.0 Å². The fourth-order valence-corrected chi connectivity index (χ4v) is 5.28. The molecule has 1 saturated heterocycles. The molecule has 1 aliphatic carbocycles. The summed E-state index contributed by atoms with van der Waals surface area (Å²) in [5.41, 5.74) is 3.76. The third-order valence-corrected chi connectivity index (χ3v) is 6.97. The molecule has 0 aromatic heterocycles. The smallest absolute Gasteiger partial charge is 0.255 e. The van der Waals surface area contributed by atoms with Crippen LogP contribution in [-0.4, -0.2) is 52.3 Å². The first-order valence-corrected chi connectivity index (χ1v) is 11.0. The number of Topliss-reactive ketones (excluding diaryl/α,β-unsaturated/α-hetero) is 1. The van der Waals surface area contributed by atoms with Gasteiger partial charge in [0.05, 0.1) is 6.54 Å². The lowest BCUT2D eigenvalue weighted by Crippen LogP contribution is -2.58. The number of hydrogen-bond acceptors (Lipinski definition) is 6. The Morgan fingerprint density at radius 3 is 2.57 bits per heavy atom. The predicted octanol–water partition coefficient (Wildman–Crippen LogP) is 1.65. The topological polar surface area (TPSA) is 108 Å². The Balaban J connectivity index is 2.06. The van der Waals surface area contributed by atoms with Crippen LogP contribution in [0.3, 0.4) is 0 Å². The minimum Gasteiger partial charge on any atom is -0.385 e. The zero-order valence-electron chi connectivity index (χ0n) is 18.6. The van der Waals surface area contributed by atoms with E-state index in [0.29, 0.717) is 12.3 Å². The Kier molecular flexibility index (Phi) is 6.87. The first-order chi connectivity index (χ1) is 14.1. The fraction of sp³-hybridized carbons (Fsp3) is 0.739. The number of amides is 1. The summed E-state index contributed by atoms with van der Waals surface area (Å²) in [6.07, 6.45) is 3.12. The van der Waals surface area contributed by atoms with Gasteiger partial charge in [-0.25, -0.2) is 0 Å². The van der Waals surface area contributed by atoms with Gasteiger partial charge in [0.2, 0.25) is 0 Å². The lowest BCUT2D eigenvalue weighted by atomic mass is 9.63. The molecule has 1 amide bonds. The number of nitrogens with one attached hydrogen (secondary N) is 2. The van der Waals surface area contributed by atoms with Crippen molar-refractivity contribution in [3.05, 3.63) is 23.3 Å². The van der Waals surface area contributed by atoms with Crippen molar-refractivity contribution in [2.75, 3.05) is 6.54 Å². The first kappa shape index (κ1) is 23.1. The van der Waals surface area contributed by atoms with Gasteiger partial charge in [-0.15, -0.1) is 0 Å². The lowest BCUT2D eigenvalue weighted by molar-refractivity contribution is -0.177. The van der Waals surface area contributed by atoms with Gasteiger partial charge in [-0.05, 0) is 44.9 Å². The predicted molar refractivity (Wildman–Crippen MR) is 113 cm³/mol. The summed E-state index contributed by atoms with van der Waals surface area (Å²) in [5.74, 6) is -0.604. The lowest BCUT2D eigenvalue weighted by Gasteiger charge is -2.45. The van der Waals surface area contributed by atoms with Crippen LogP contribution in [-0.2, 0) is 14.4 Å². The van der Waals surface area contributed by atoms with Gasteiger partial charge in [-0.2, -0.15) is 5.48 Å². The average Bonchev–Trinajstić information content (AvgIpc) is 2.94. The number of carbonyl (C=O) groups excluding carboxylic acids is 2. The summed E-state index contributed by atoms with van der Waals surface area (Å²) in [6.45, 7) is 10.3. The molecule has 0 aromatic rings. The minimum absolute atomic E-state index is 0.0181. The summed E-state index contributed by atoms with van der Waals surface area (Å²) in [6, 6.07) is -0.0181. The van der Waals surface area contributed by atoms with Crippen LogP contribution in [0.1, 0.15) is 53.9 Å². The van der Waals surface area contributed by atoms with E-state index in [4.69, 9.17) is 4.84 Å². The van der Waals surface area contributed by atoms with Crippen LogP contribution in [0.15, 0.2) is 23.3 Å². The van der Waals surface area contributed by atoms with Crippen molar-refractivity contribution in [3.63, 3.8) is 0 Å². The van der Waals surface area contributed by atoms with Crippen LogP contribution in [0, 0.1) is 23.7 Å². The van der Waals surface area contributed by atoms with Crippen molar-refractivity contribution in [2.24, 2.45) is 23.7 Å². The van der Waals surface area contributed by atoms with Crippen LogP contribution in [0.4, 0.5) is 0 Å². The van der Waals surface area contributed by atoms with Crippen molar-refractivity contribution >= 4 is 11.7 Å². The molecule has 7 nitrogen and oxygen atoms in total. The largest absolute Gasteiger partial charge is 0.385 e. The van der Waals surface area contributed by atoms with Crippen LogP contribution < -0.4 is 10.8 Å². The second-order valence-corrected chi connectivity index (χ2v) is 9.69. The summed E-state index contributed by atoms with van der Waals surface area (Å²) < 4.78 is 0. The number of β-amino-alcohol motifs (C(OH)–C–C–N with tert-alkyl or cyclic N) is 1. The van der Waals surface area contributed by atoms with Crippen LogP contribution in [0.5, 0.6) is 0 Å². The number of rotatable bonds is 2. The Hall–Kier alpha value is -1.54. The SMILES string of the molecule is CC1=CC2C=C(C)C(C)C3C(CC(C)C)NC(=O)C23ONCC(O)C(=O)C(O)CC1. The van der Waals surface area contributed by atoms with E-state index >= 15 is 0 Å². The third-order valence-electron chi connectivity index (χ3n) is 6.97. The average molecular weight is 421 g/mol. The Morgan fingerprint density at radius 2 is 1.90 bits per heavy atom. The summed E-state index contributed by atoms with van der Waals surface area (Å²) in [4.78, 5) is 31.8. The molecule has 7 atom stereocenters. The molecule has 168 valence electrons. The monoisotopic (exact) mass is 420 g/mol. The van der Waals surface area contributed by atoms with Crippen molar-refractivity contribution in [3.8, 4) is 0 Å². The van der Waals surface area contributed by atoms with Crippen LogP contribution in [0.2, 0.25) is 0 Å². The second kappa shape index (κ2) is 8.91. The molecule has 1 fully saturated rings. The van der Waals surface area contributed by atoms with Crippen molar-refractivity contribution in [1.82, 2.24) is 10.8 Å². The van der Waals surface area contributed by atoms with Crippen molar-refractivity contribution in [2.45, 2.75) is 77.7 Å². The normalized spacial score (nSPS) is 40.5. The van der Waals surface area contributed by atoms with E-state index in [-0.39, 0.29) is 42.7 Å². The molecular weight excluding hydrogens is 384 g/mol. The highest BCUT2D eigenvalue weighted by molar-refractivity contribution is 5.90. The molecule has 2 heterocycles. The standard InChI is InChI=1S/C23H36N2O5/c1-12(2)8-17-20-15(5)14(4)10-16-9-13(3)6-7-18(26)21(28)19(27)11-24-30-23(16,20)22(29)25-17/h9-10,12,15-20,24,26-27H,6-8,11H2,1-5H3,(H,25,29). The molecule has 0 bridgehead atoms. The van der Waals surface area contributed by atoms with Gasteiger partial charge in [0, 0.05) is 17.9 Å². The maximum Gasteiger partial charge on any atom is 0.255 e. The number of aliphatic hydroxyl groups is 2. The van der Waals surface area contributed by atoms with E-state index in [2.05, 4.69) is 44.6 Å². The minimum atomic E-state index is -1.40. The highest BCUT2D eigenvalue weighted by atomic mass is 16.7. The molecule has 3 rings (SSSR count). The van der Waals surface area contributed by atoms with Gasteiger partial charge in [-0.3, -0.25) is 14.4 Å². The van der Waals surface area contributed by atoms with Crippen LogP contribution in [0.25, 0.3) is 0 Å². The molecule has 4 N–H and O–H groups in total. The van der Waals surface area contributed by atoms with Gasteiger partial charge >= 0.3 is 0 Å². The molecule has 0 saturated carbocycles. The highest BCUT2D eigenvalue weighted by Crippen LogP contribution is 2.50. The maximum absolute atomic E-state index is 13.4. The zero-order valence-corrected chi connectivity index (χ0v) is 18.6. The van der Waals surface area contributed by atoms with E-state index in [1.807, 2.05) is 13.0 Å². The molecule has 0 radical (unpaired) electrons. The van der Waals surface area contributed by atoms with Gasteiger partial charge in [0.25, 0.3) is 5.91 Å². The molecule has 0 aromatic carbocycles. The third kappa shape index (κ3) is 4.13. The van der Waals surface area contributed by atoms with Gasteiger partial charge in [-0.1, -0.05) is 44.1 Å². The van der Waals surface area contributed by atoms with Crippen molar-refractivity contribution in [1.29, 1.82) is 0 Å². The van der Waals surface area contributed by atoms with Crippen LogP contribution >= 0.6 is 0 Å². The Bertz CT molecular complexity index is 746. The number of carbonyl (C=O) groups is 2. The summed E-state index contributed by atoms with van der Waals surface area (Å²) in [5, 5.41) is 23.5. The number of hydrogen-bond donors (Lipinski definition) is 4. The molecule has 3 aliphatic rings. The Morgan fingerprint density at radius 1 is 1.20 bits per heavy atom. The van der Waals surface area contributed by atoms with Crippen molar-refractivity contribution < 1.29 is 24.6 Å². The summed E-state index contributed by atoms with van der Waals surface area (Å²) in [7, 11) is 0. The molecular formula is C23H36N2O5. The zero-order chi connectivity index (χ0) is 22.2. The van der Waals surface area contributed by atoms with Gasteiger partial charge < -0.3 is 15.5 Å². The van der Waals surface area contributed by atoms with E-state index < -0.39 is 23.6 Å². The summed E-state index contributed by atoms with van der Waals surface area (Å²) >= 11 is 0. The molecule has 7 unspecified atom stereocenters. The highest BCUT2D eigenvalue weighted by Gasteiger charge is 2.63. The van der Waals surface area contributed by atoms with Gasteiger partial charge in [0.1, 0.15) is 12.2 Å². The number of allylic oxidation sites excluding steroid dienone is 2. The molecule has 7 heteroatoms. The van der Waals surface area contributed by atoms with E-state index in [1.165, 1.54) is 5.57 Å². The maximum atomic E-state index is 13.4. The Labute approximate surface area is 178 Å². The second-order valence-electron chi connectivity index (χ2n) is 9.69. The first-order valence-electron chi connectivity index (χ1n) is 11.0. The molecule has 1 spiro atoms. The van der Waals surface area contributed by atoms with E-state index in [1.54, 1.807) is 0 Å². The van der Waals surface area contributed by atoms with Gasteiger partial charge in [0.15, 0.2) is 11.4 Å². The quantitative estimate of drug-likeness (QED) is 0.506. The number of hydroxylamine groups is 1. The van der Waals surface area contributed by atoms with E-state index in [9.17, 15) is 19.8 Å². The number of aliphatic hydroxyl groups excluding tert-OH is 2. The fourth-order valence-electron chi connectivity index (χ4n) is 5.28.